The van der Waals surface area contributed by atoms with E-state index < -0.39 is 26.6 Å². The molecule has 0 spiro atoms. The van der Waals surface area contributed by atoms with E-state index in [9.17, 15) is 22.0 Å². The van der Waals surface area contributed by atoms with E-state index in [4.69, 9.17) is 4.74 Å². The highest BCUT2D eigenvalue weighted by Gasteiger charge is 2.33. The first-order valence-electron chi connectivity index (χ1n) is 9.92. The Bertz CT molecular complexity index is 1230. The SMILES string of the molecule is O=C(c1ccccc1Oc1ccccc1)N1CCN(S(=O)(=O)c2ccc(F)cc2F)CC1. The van der Waals surface area contributed by atoms with E-state index in [0.29, 0.717) is 23.1 Å². The Morgan fingerprint density at radius 1 is 0.844 bits per heavy atom. The predicted octanol–water partition coefficient (Wildman–Crippen LogP) is 3.90. The monoisotopic (exact) mass is 458 g/mol. The molecular formula is C23H20F2N2O4S. The van der Waals surface area contributed by atoms with E-state index in [1.165, 1.54) is 4.90 Å². The van der Waals surface area contributed by atoms with Crippen LogP contribution in [0.25, 0.3) is 0 Å². The van der Waals surface area contributed by atoms with Gasteiger partial charge < -0.3 is 9.64 Å². The number of nitrogens with zero attached hydrogens (tertiary/aromatic N) is 2. The fraction of sp³-hybridized carbons (Fsp3) is 0.174. The summed E-state index contributed by atoms with van der Waals surface area (Å²) in [6.45, 7) is 0.236. The lowest BCUT2D eigenvalue weighted by Crippen LogP contribution is -2.50. The Kier molecular flexibility index (Phi) is 6.20. The second-order valence-corrected chi connectivity index (χ2v) is 9.09. The number of sulfonamides is 1. The van der Waals surface area contributed by atoms with Crippen LogP contribution in [0.1, 0.15) is 10.4 Å². The molecule has 1 saturated heterocycles. The molecule has 9 heteroatoms. The summed E-state index contributed by atoms with van der Waals surface area (Å²) in [5.74, 6) is -1.30. The van der Waals surface area contributed by atoms with Gasteiger partial charge in [-0.25, -0.2) is 17.2 Å². The molecule has 0 saturated carbocycles. The van der Waals surface area contributed by atoms with Crippen molar-refractivity contribution in [3.05, 3.63) is 90.0 Å². The molecule has 3 aromatic rings. The topological polar surface area (TPSA) is 66.9 Å². The third kappa shape index (κ3) is 4.49. The molecule has 1 amide bonds. The number of carbonyl (C=O) groups excluding carboxylic acids is 1. The Hall–Kier alpha value is -3.30. The van der Waals surface area contributed by atoms with Crippen LogP contribution in [0.4, 0.5) is 8.78 Å². The van der Waals surface area contributed by atoms with Gasteiger partial charge >= 0.3 is 0 Å². The lowest BCUT2D eigenvalue weighted by atomic mass is 10.1. The summed E-state index contributed by atoms with van der Waals surface area (Å²) in [4.78, 5) is 14.0. The van der Waals surface area contributed by atoms with Gasteiger partial charge in [0.25, 0.3) is 5.91 Å². The number of para-hydroxylation sites is 2. The van der Waals surface area contributed by atoms with E-state index >= 15 is 0 Å². The van der Waals surface area contributed by atoms with Gasteiger partial charge in [0.2, 0.25) is 10.0 Å². The molecule has 0 N–H and O–H groups in total. The fourth-order valence-electron chi connectivity index (χ4n) is 3.47. The molecule has 4 rings (SSSR count). The highest BCUT2D eigenvalue weighted by Crippen LogP contribution is 2.27. The molecular weight excluding hydrogens is 438 g/mol. The van der Waals surface area contributed by atoms with E-state index in [1.54, 1.807) is 36.4 Å². The van der Waals surface area contributed by atoms with Gasteiger partial charge in [0, 0.05) is 32.2 Å². The molecule has 0 atom stereocenters. The predicted molar refractivity (Wildman–Crippen MR) is 114 cm³/mol. The van der Waals surface area contributed by atoms with Gasteiger partial charge in [0.1, 0.15) is 28.0 Å². The zero-order valence-corrected chi connectivity index (χ0v) is 17.8. The molecule has 1 fully saturated rings. The van der Waals surface area contributed by atoms with Crippen LogP contribution in [0.3, 0.4) is 0 Å². The molecule has 0 unspecified atom stereocenters. The van der Waals surface area contributed by atoms with Crippen molar-refractivity contribution >= 4 is 15.9 Å². The van der Waals surface area contributed by atoms with Crippen molar-refractivity contribution < 1.29 is 26.7 Å². The van der Waals surface area contributed by atoms with Gasteiger partial charge in [-0.2, -0.15) is 4.31 Å². The van der Waals surface area contributed by atoms with Crippen LogP contribution < -0.4 is 4.74 Å². The van der Waals surface area contributed by atoms with Crippen LogP contribution in [-0.4, -0.2) is 49.7 Å². The third-order valence-corrected chi connectivity index (χ3v) is 7.06. The standard InChI is InChI=1S/C23H20F2N2O4S/c24-17-10-11-22(20(25)16-17)32(29,30)27-14-12-26(13-15-27)23(28)19-8-4-5-9-21(19)31-18-6-2-1-3-7-18/h1-11,16H,12-15H2. The summed E-state index contributed by atoms with van der Waals surface area (Å²) in [6.07, 6.45) is 0. The summed E-state index contributed by atoms with van der Waals surface area (Å²) < 4.78 is 59.6. The lowest BCUT2D eigenvalue weighted by Gasteiger charge is -2.34. The minimum atomic E-state index is -4.14. The molecule has 3 aromatic carbocycles. The van der Waals surface area contributed by atoms with Crippen LogP contribution in [0.2, 0.25) is 0 Å². The molecule has 0 aromatic heterocycles. The van der Waals surface area contributed by atoms with Crippen molar-refractivity contribution in [2.45, 2.75) is 4.90 Å². The summed E-state index contributed by atoms with van der Waals surface area (Å²) in [7, 11) is -4.14. The summed E-state index contributed by atoms with van der Waals surface area (Å²) in [5, 5.41) is 0. The molecule has 0 radical (unpaired) electrons. The summed E-state index contributed by atoms with van der Waals surface area (Å²) in [6, 6.07) is 18.2. The Morgan fingerprint density at radius 3 is 2.19 bits per heavy atom. The molecule has 1 aliphatic rings. The first kappa shape index (κ1) is 21.9. The minimum Gasteiger partial charge on any atom is -0.457 e. The van der Waals surface area contributed by atoms with Gasteiger partial charge in [-0.05, 0) is 36.4 Å². The van der Waals surface area contributed by atoms with Crippen molar-refractivity contribution in [1.82, 2.24) is 9.21 Å². The van der Waals surface area contributed by atoms with Crippen LogP contribution in [0.15, 0.2) is 77.7 Å². The number of ether oxygens (including phenoxy) is 1. The molecule has 6 nitrogen and oxygen atoms in total. The third-order valence-electron chi connectivity index (χ3n) is 5.13. The highest BCUT2D eigenvalue weighted by molar-refractivity contribution is 7.89. The quantitative estimate of drug-likeness (QED) is 0.582. The minimum absolute atomic E-state index is 0.00734. The number of piperazine rings is 1. The van der Waals surface area contributed by atoms with E-state index in [1.807, 2.05) is 18.2 Å². The zero-order chi connectivity index (χ0) is 22.7. The maximum absolute atomic E-state index is 14.0. The zero-order valence-electron chi connectivity index (χ0n) is 16.9. The van der Waals surface area contributed by atoms with E-state index in [2.05, 4.69) is 0 Å². The van der Waals surface area contributed by atoms with Crippen LogP contribution in [0.5, 0.6) is 11.5 Å². The maximum Gasteiger partial charge on any atom is 0.257 e. The van der Waals surface area contributed by atoms with Crippen molar-refractivity contribution in [2.24, 2.45) is 0 Å². The molecule has 32 heavy (non-hydrogen) atoms. The first-order chi connectivity index (χ1) is 15.4. The number of amides is 1. The Labute approximate surface area is 184 Å². The number of rotatable bonds is 5. The average Bonchev–Trinajstić information content (AvgIpc) is 2.79. The number of halogens is 2. The fourth-order valence-corrected chi connectivity index (χ4v) is 4.94. The van der Waals surface area contributed by atoms with Crippen molar-refractivity contribution in [3.8, 4) is 11.5 Å². The molecule has 1 heterocycles. The van der Waals surface area contributed by atoms with Gasteiger partial charge in [-0.15, -0.1) is 0 Å². The average molecular weight is 458 g/mol. The maximum atomic E-state index is 14.0. The first-order valence-corrected chi connectivity index (χ1v) is 11.4. The highest BCUT2D eigenvalue weighted by atomic mass is 32.2. The number of hydrogen-bond acceptors (Lipinski definition) is 4. The van der Waals surface area contributed by atoms with Crippen LogP contribution in [-0.2, 0) is 10.0 Å². The Morgan fingerprint density at radius 2 is 1.50 bits per heavy atom. The Balaban J connectivity index is 1.48. The normalized spacial score (nSPS) is 14.9. The largest absolute Gasteiger partial charge is 0.457 e. The van der Waals surface area contributed by atoms with Crippen LogP contribution in [0, 0.1) is 11.6 Å². The van der Waals surface area contributed by atoms with Gasteiger partial charge in [-0.1, -0.05) is 30.3 Å². The summed E-state index contributed by atoms with van der Waals surface area (Å²) >= 11 is 0. The van der Waals surface area contributed by atoms with Gasteiger partial charge in [-0.3, -0.25) is 4.79 Å². The smallest absolute Gasteiger partial charge is 0.257 e. The number of hydrogen-bond donors (Lipinski definition) is 0. The van der Waals surface area contributed by atoms with Gasteiger partial charge in [0.05, 0.1) is 5.56 Å². The van der Waals surface area contributed by atoms with Crippen molar-refractivity contribution in [3.63, 3.8) is 0 Å². The molecule has 0 bridgehead atoms. The van der Waals surface area contributed by atoms with E-state index in [0.717, 1.165) is 16.4 Å². The van der Waals surface area contributed by atoms with Crippen molar-refractivity contribution in [2.75, 3.05) is 26.2 Å². The van der Waals surface area contributed by atoms with E-state index in [-0.39, 0.29) is 32.1 Å². The van der Waals surface area contributed by atoms with Crippen molar-refractivity contribution in [1.29, 1.82) is 0 Å². The molecule has 166 valence electrons. The molecule has 0 aliphatic carbocycles. The number of carbonyl (C=O) groups is 1. The lowest BCUT2D eigenvalue weighted by molar-refractivity contribution is 0.0695. The second-order valence-electron chi connectivity index (χ2n) is 7.18. The molecule has 1 aliphatic heterocycles. The van der Waals surface area contributed by atoms with Gasteiger partial charge in [0.15, 0.2) is 0 Å². The second kappa shape index (κ2) is 9.05. The summed E-state index contributed by atoms with van der Waals surface area (Å²) in [5.41, 5.74) is 0.359. The van der Waals surface area contributed by atoms with Crippen LogP contribution >= 0.6 is 0 Å². The number of benzene rings is 3.